The molecule has 2 aliphatic carbocycles. The maximum Gasteiger partial charge on any atom is 0.412 e. The third-order valence-electron chi connectivity index (χ3n) is 11.1. The fourth-order valence-electron chi connectivity index (χ4n) is 8.67. The van der Waals surface area contributed by atoms with E-state index in [1.807, 2.05) is 43.3 Å². The second-order valence-electron chi connectivity index (χ2n) is 14.8. The van der Waals surface area contributed by atoms with Crippen LogP contribution in [0.5, 0.6) is 11.5 Å². The van der Waals surface area contributed by atoms with Gasteiger partial charge in [-0.2, -0.15) is 0 Å². The first-order valence-corrected chi connectivity index (χ1v) is 21.3. The Kier molecular flexibility index (Phi) is 18.3. The number of fused-ring (bicyclic) bond motifs is 2. The number of allylic oxidation sites excluding steroid dienone is 1. The quantitative estimate of drug-likeness (QED) is 0.0403. The molecule has 0 saturated heterocycles. The van der Waals surface area contributed by atoms with Gasteiger partial charge in [0.15, 0.2) is 0 Å². The van der Waals surface area contributed by atoms with Gasteiger partial charge in [-0.3, -0.25) is 4.90 Å². The van der Waals surface area contributed by atoms with E-state index in [1.165, 1.54) is 0 Å². The Morgan fingerprint density at radius 2 is 1.81 bits per heavy atom. The lowest BCUT2D eigenvalue weighted by Crippen LogP contribution is -2.70. The van der Waals surface area contributed by atoms with Crippen LogP contribution in [0.4, 0.5) is 9.59 Å². The molecular weight excluding hydrogens is 782 g/mol. The molecular formula is C44H60ClN3O11. The van der Waals surface area contributed by atoms with Gasteiger partial charge in [-0.05, 0) is 73.8 Å². The van der Waals surface area contributed by atoms with E-state index in [-0.39, 0.29) is 89.5 Å². The van der Waals surface area contributed by atoms with Crippen molar-refractivity contribution in [1.82, 2.24) is 10.2 Å². The number of aliphatic hydroxyl groups is 3. The third kappa shape index (κ3) is 11.6. The molecule has 0 radical (unpaired) electrons. The average Bonchev–Trinajstić information content (AvgIpc) is 3.24. The summed E-state index contributed by atoms with van der Waals surface area (Å²) in [6.45, 7) is 6.52. The molecule has 2 aromatic rings. The van der Waals surface area contributed by atoms with Crippen LogP contribution in [0.15, 0.2) is 78.0 Å². The second kappa shape index (κ2) is 23.6. The van der Waals surface area contributed by atoms with Crippen LogP contribution in [0.1, 0.15) is 68.9 Å². The lowest BCUT2D eigenvalue weighted by Gasteiger charge is -2.59. The molecule has 3 aliphatic rings. The van der Waals surface area contributed by atoms with Crippen molar-refractivity contribution in [3.8, 4) is 11.5 Å². The average molecular weight is 842 g/mol. The molecule has 0 bridgehead atoms. The van der Waals surface area contributed by atoms with E-state index in [1.54, 1.807) is 23.1 Å². The number of hydrogen-bond donors (Lipinski definition) is 4. The standard InChI is InChI=1S/C44H60ClN3O11/c1-3-23-56-44-39(48(19-25-54-26-22-51)43(53)55-24-18-45)29-37(47-57-30-31-12-6-5-7-13-31)35-27-32(14-8-10-20-49)34(15-9-11-21-50)40(41(35)44)36-28-33(16-17-38(36)59-44)58-42(52)46-4-2/h3,5-7,12-13,16-17,27-28,32,34,39-41,49-51H,1,4,8-11,14-15,18-26,29-30H2,2H3,(H,46,52). The summed E-state index contributed by atoms with van der Waals surface area (Å²) in [5.41, 5.74) is 3.18. The van der Waals surface area contributed by atoms with Gasteiger partial charge in [0.05, 0.1) is 43.9 Å². The molecule has 1 fully saturated rings. The molecule has 14 nitrogen and oxygen atoms in total. The van der Waals surface area contributed by atoms with E-state index >= 15 is 0 Å². The fraction of sp³-hybridized carbons (Fsp3) is 0.568. The molecule has 1 saturated carbocycles. The fourth-order valence-corrected chi connectivity index (χ4v) is 8.75. The molecule has 6 unspecified atom stereocenters. The Morgan fingerprint density at radius 3 is 2.53 bits per heavy atom. The summed E-state index contributed by atoms with van der Waals surface area (Å²) in [5.74, 6) is -1.61. The molecule has 1 aliphatic heterocycles. The number of carbonyl (C=O) groups excluding carboxylic acids is 2. The van der Waals surface area contributed by atoms with Crippen molar-refractivity contribution in [2.45, 2.75) is 76.2 Å². The number of amides is 2. The van der Waals surface area contributed by atoms with E-state index in [4.69, 9.17) is 45.3 Å². The highest BCUT2D eigenvalue weighted by Gasteiger charge is 2.65. The summed E-state index contributed by atoms with van der Waals surface area (Å²) >= 11 is 6.01. The number of carbonyl (C=O) groups is 2. The van der Waals surface area contributed by atoms with E-state index in [9.17, 15) is 24.9 Å². The number of rotatable bonds is 24. The number of unbranched alkanes of at least 4 members (excludes halogenated alkanes) is 2. The predicted octanol–water partition coefficient (Wildman–Crippen LogP) is 6.32. The molecule has 59 heavy (non-hydrogen) atoms. The van der Waals surface area contributed by atoms with Crippen molar-refractivity contribution in [2.75, 3.05) is 65.2 Å². The van der Waals surface area contributed by atoms with Gasteiger partial charge in [-0.1, -0.05) is 60.5 Å². The van der Waals surface area contributed by atoms with Gasteiger partial charge < -0.3 is 49.2 Å². The number of ether oxygens (including phenoxy) is 5. The van der Waals surface area contributed by atoms with Crippen LogP contribution in [0.3, 0.4) is 0 Å². The van der Waals surface area contributed by atoms with Crippen molar-refractivity contribution >= 4 is 29.5 Å². The predicted molar refractivity (Wildman–Crippen MR) is 223 cm³/mol. The maximum absolute atomic E-state index is 14.2. The van der Waals surface area contributed by atoms with Gasteiger partial charge in [0.2, 0.25) is 5.79 Å². The second-order valence-corrected chi connectivity index (χ2v) is 15.2. The zero-order valence-corrected chi connectivity index (χ0v) is 34.7. The van der Waals surface area contributed by atoms with E-state index < -0.39 is 29.9 Å². The zero-order valence-electron chi connectivity index (χ0n) is 34.0. The van der Waals surface area contributed by atoms with Gasteiger partial charge >= 0.3 is 12.2 Å². The number of alkyl halides is 1. The Bertz CT molecular complexity index is 1710. The first-order chi connectivity index (χ1) is 28.8. The Balaban J connectivity index is 1.76. The van der Waals surface area contributed by atoms with Crippen molar-refractivity contribution in [3.05, 3.63) is 84.0 Å². The molecule has 0 spiro atoms. The smallest absolute Gasteiger partial charge is 0.412 e. The summed E-state index contributed by atoms with van der Waals surface area (Å²) < 4.78 is 31.3. The number of hydrogen-bond acceptors (Lipinski definition) is 12. The summed E-state index contributed by atoms with van der Waals surface area (Å²) in [6, 6.07) is 14.1. The summed E-state index contributed by atoms with van der Waals surface area (Å²) in [7, 11) is 0. The van der Waals surface area contributed by atoms with Gasteiger partial charge in [-0.25, -0.2) is 9.59 Å². The molecule has 15 heteroatoms. The Hall–Kier alpha value is -4.18. The number of oxime groups is 1. The maximum atomic E-state index is 14.2. The minimum atomic E-state index is -1.54. The van der Waals surface area contributed by atoms with Gasteiger partial charge in [-0.15, -0.1) is 18.2 Å². The summed E-state index contributed by atoms with van der Waals surface area (Å²) in [4.78, 5) is 34.6. The number of halogens is 1. The van der Waals surface area contributed by atoms with Crippen molar-refractivity contribution in [1.29, 1.82) is 0 Å². The molecule has 6 atom stereocenters. The number of nitrogens with zero attached hydrogens (tertiary/aromatic N) is 2. The Labute approximate surface area is 352 Å². The van der Waals surface area contributed by atoms with Gasteiger partial charge in [0, 0.05) is 44.2 Å². The van der Waals surface area contributed by atoms with Crippen molar-refractivity contribution in [3.63, 3.8) is 0 Å². The molecule has 2 amide bonds. The van der Waals surface area contributed by atoms with Gasteiger partial charge in [0.25, 0.3) is 0 Å². The first kappa shape index (κ1) is 45.9. The van der Waals surface area contributed by atoms with Crippen LogP contribution in [-0.2, 0) is 25.7 Å². The minimum Gasteiger partial charge on any atom is -0.459 e. The zero-order chi connectivity index (χ0) is 42.0. The monoisotopic (exact) mass is 841 g/mol. The minimum absolute atomic E-state index is 0.0000518. The molecule has 1 heterocycles. The highest BCUT2D eigenvalue weighted by Crippen LogP contribution is 2.62. The van der Waals surface area contributed by atoms with Crippen molar-refractivity contribution in [2.24, 2.45) is 22.9 Å². The lowest BCUT2D eigenvalue weighted by atomic mass is 9.55. The molecule has 324 valence electrons. The summed E-state index contributed by atoms with van der Waals surface area (Å²) in [5, 5.41) is 36.7. The highest BCUT2D eigenvalue weighted by molar-refractivity contribution is 6.18. The van der Waals surface area contributed by atoms with Crippen molar-refractivity contribution < 1.29 is 53.4 Å². The number of nitrogens with one attached hydrogen (secondary N) is 1. The topological polar surface area (TPSA) is 178 Å². The molecule has 5 rings (SSSR count). The van der Waals surface area contributed by atoms with Crippen LogP contribution in [0, 0.1) is 17.8 Å². The van der Waals surface area contributed by atoms with E-state index in [2.05, 4.69) is 18.0 Å². The highest BCUT2D eigenvalue weighted by atomic mass is 35.5. The molecule has 4 N–H and O–H groups in total. The molecule has 0 aromatic heterocycles. The van der Waals surface area contributed by atoms with Crippen LogP contribution in [0.2, 0.25) is 0 Å². The van der Waals surface area contributed by atoms with E-state index in [0.717, 1.165) is 42.4 Å². The summed E-state index contributed by atoms with van der Waals surface area (Å²) in [6.07, 6.45) is 7.02. The SMILES string of the molecule is C=CCOC12Oc3ccc(OC(=O)NCC)cc3C3C(CCCCO)C(CCCCO)C=C(C(=NOCc4ccccc4)CC1N(CCOCCO)C(=O)OCCCl)C32. The van der Waals surface area contributed by atoms with Crippen LogP contribution in [-0.4, -0.2) is 115 Å². The lowest BCUT2D eigenvalue weighted by molar-refractivity contribution is -0.256. The largest absolute Gasteiger partial charge is 0.459 e. The number of aliphatic hydroxyl groups excluding tert-OH is 3. The third-order valence-corrected chi connectivity index (χ3v) is 11.2. The number of benzene rings is 2. The normalized spacial score (nSPS) is 23.6. The first-order valence-electron chi connectivity index (χ1n) is 20.7. The Morgan fingerprint density at radius 1 is 1.03 bits per heavy atom. The van der Waals surface area contributed by atoms with Gasteiger partial charge in [0.1, 0.15) is 30.8 Å². The van der Waals surface area contributed by atoms with Crippen LogP contribution < -0.4 is 14.8 Å². The van der Waals surface area contributed by atoms with Crippen LogP contribution >= 0.6 is 11.6 Å². The van der Waals surface area contributed by atoms with Crippen LogP contribution in [0.25, 0.3) is 0 Å². The molecule has 2 aromatic carbocycles. The van der Waals surface area contributed by atoms with E-state index in [0.29, 0.717) is 36.6 Å².